The number of rotatable bonds is 6. The molecule has 0 aliphatic carbocycles. The zero-order valence-electron chi connectivity index (χ0n) is 13.6. The quantitative estimate of drug-likeness (QED) is 0.736. The summed E-state index contributed by atoms with van der Waals surface area (Å²) >= 11 is 1.67. The molecule has 24 heavy (non-hydrogen) atoms. The van der Waals surface area contributed by atoms with Gasteiger partial charge >= 0.3 is 0 Å². The molecule has 122 valence electrons. The van der Waals surface area contributed by atoms with Crippen LogP contribution in [0.5, 0.6) is 0 Å². The second-order valence-corrected chi connectivity index (χ2v) is 6.37. The maximum atomic E-state index is 9.32. The third-order valence-corrected chi connectivity index (χ3v) is 4.46. The number of thiophene rings is 1. The predicted octanol–water partition coefficient (Wildman–Crippen LogP) is 3.99. The fourth-order valence-corrected chi connectivity index (χ4v) is 3.18. The largest absolute Gasteiger partial charge is 0.419 e. The zero-order chi connectivity index (χ0) is 16.9. The average molecular weight is 338 g/mol. The molecule has 0 fully saturated rings. The van der Waals surface area contributed by atoms with Crippen LogP contribution in [0.15, 0.2) is 51.6 Å². The summed E-state index contributed by atoms with van der Waals surface area (Å²) < 4.78 is 5.78. The Morgan fingerprint density at radius 1 is 1.29 bits per heavy atom. The first-order valence-electron chi connectivity index (χ1n) is 7.57. The van der Waals surface area contributed by atoms with Gasteiger partial charge in [-0.2, -0.15) is 21.6 Å². The van der Waals surface area contributed by atoms with Gasteiger partial charge < -0.3 is 14.6 Å². The van der Waals surface area contributed by atoms with Crippen molar-refractivity contribution in [2.45, 2.75) is 6.04 Å². The van der Waals surface area contributed by atoms with Crippen LogP contribution in [0.2, 0.25) is 0 Å². The Morgan fingerprint density at radius 3 is 2.71 bits per heavy atom. The molecule has 0 aliphatic rings. The molecule has 1 N–H and O–H groups in total. The minimum atomic E-state index is 0.188. The minimum absolute atomic E-state index is 0.188. The smallest absolute Gasteiger partial charge is 0.232 e. The molecule has 0 unspecified atom stereocenters. The number of nitrogens with zero attached hydrogens (tertiary/aromatic N) is 3. The van der Waals surface area contributed by atoms with Crippen LogP contribution in [0, 0.1) is 11.3 Å². The number of oxazole rings is 1. The molecule has 3 rings (SSSR count). The third kappa shape index (κ3) is 3.48. The topological polar surface area (TPSA) is 65.1 Å². The highest BCUT2D eigenvalue weighted by molar-refractivity contribution is 7.07. The standard InChI is InChI=1S/C18H18N4OS/c1-22(2)16(14-8-9-24-12-14)11-20-18-15(10-19)21-17(23-18)13-6-4-3-5-7-13/h3-9,12,16,20H,11H2,1-2H3/t16-/m1/s1. The lowest BCUT2D eigenvalue weighted by Crippen LogP contribution is -2.26. The normalized spacial score (nSPS) is 12.1. The van der Waals surface area contributed by atoms with E-state index in [0.29, 0.717) is 18.3 Å². The van der Waals surface area contributed by atoms with Crippen LogP contribution in [0.3, 0.4) is 0 Å². The van der Waals surface area contributed by atoms with Crippen LogP contribution >= 0.6 is 11.3 Å². The van der Waals surface area contributed by atoms with Gasteiger partial charge in [0.2, 0.25) is 17.5 Å². The predicted molar refractivity (Wildman–Crippen MR) is 95.9 cm³/mol. The Balaban J connectivity index is 1.80. The summed E-state index contributed by atoms with van der Waals surface area (Å²) in [7, 11) is 4.07. The molecule has 2 heterocycles. The molecule has 2 aromatic heterocycles. The highest BCUT2D eigenvalue weighted by atomic mass is 32.1. The van der Waals surface area contributed by atoms with E-state index in [1.807, 2.05) is 44.4 Å². The highest BCUT2D eigenvalue weighted by Gasteiger charge is 2.18. The van der Waals surface area contributed by atoms with Crippen LogP contribution in [0.1, 0.15) is 17.3 Å². The van der Waals surface area contributed by atoms with Gasteiger partial charge in [0, 0.05) is 12.1 Å². The average Bonchev–Trinajstić information content (AvgIpc) is 3.25. The third-order valence-electron chi connectivity index (χ3n) is 3.76. The van der Waals surface area contributed by atoms with Crippen LogP contribution in [-0.4, -0.2) is 30.5 Å². The Hall–Kier alpha value is -2.62. The van der Waals surface area contributed by atoms with E-state index in [1.54, 1.807) is 11.3 Å². The van der Waals surface area contributed by atoms with Gasteiger partial charge in [-0.1, -0.05) is 18.2 Å². The molecule has 0 saturated carbocycles. The fourth-order valence-electron chi connectivity index (χ4n) is 2.47. The zero-order valence-corrected chi connectivity index (χ0v) is 14.4. The first kappa shape index (κ1) is 16.2. The highest BCUT2D eigenvalue weighted by Crippen LogP contribution is 2.27. The van der Waals surface area contributed by atoms with Crippen LogP contribution in [0.4, 0.5) is 5.88 Å². The summed E-state index contributed by atoms with van der Waals surface area (Å²) in [5.74, 6) is 0.866. The molecule has 0 saturated heterocycles. The van der Waals surface area contributed by atoms with E-state index in [2.05, 4.69) is 38.1 Å². The van der Waals surface area contributed by atoms with Crippen molar-refractivity contribution in [1.82, 2.24) is 9.88 Å². The first-order chi connectivity index (χ1) is 11.7. The van der Waals surface area contributed by atoms with Gasteiger partial charge in [0.05, 0.1) is 6.04 Å². The van der Waals surface area contributed by atoms with Gasteiger partial charge in [-0.15, -0.1) is 0 Å². The molecule has 0 bridgehead atoms. The van der Waals surface area contributed by atoms with E-state index in [1.165, 1.54) is 5.56 Å². The van der Waals surface area contributed by atoms with E-state index in [-0.39, 0.29) is 11.7 Å². The number of anilines is 1. The van der Waals surface area contributed by atoms with Crippen molar-refractivity contribution in [3.05, 3.63) is 58.4 Å². The van der Waals surface area contributed by atoms with E-state index in [4.69, 9.17) is 4.42 Å². The molecule has 3 aromatic rings. The van der Waals surface area contributed by atoms with Gasteiger partial charge in [-0.05, 0) is 48.6 Å². The van der Waals surface area contributed by atoms with Gasteiger partial charge in [0.1, 0.15) is 6.07 Å². The molecule has 0 aliphatic heterocycles. The molecule has 0 spiro atoms. The number of likely N-dealkylation sites (N-methyl/N-ethyl adjacent to an activating group) is 1. The maximum Gasteiger partial charge on any atom is 0.232 e. The van der Waals surface area contributed by atoms with Gasteiger partial charge in [-0.3, -0.25) is 0 Å². The lowest BCUT2D eigenvalue weighted by atomic mass is 10.1. The first-order valence-corrected chi connectivity index (χ1v) is 8.52. The van der Waals surface area contributed by atoms with Crippen LogP contribution in [0.25, 0.3) is 11.5 Å². The van der Waals surface area contributed by atoms with Crippen molar-refractivity contribution < 1.29 is 4.42 Å². The lowest BCUT2D eigenvalue weighted by molar-refractivity contribution is 0.311. The molecular weight excluding hydrogens is 320 g/mol. The fraction of sp³-hybridized carbons (Fsp3) is 0.222. The summed E-state index contributed by atoms with van der Waals surface area (Å²) in [4.78, 5) is 6.42. The summed E-state index contributed by atoms with van der Waals surface area (Å²) in [5.41, 5.74) is 2.36. The number of aromatic nitrogens is 1. The summed E-state index contributed by atoms with van der Waals surface area (Å²) in [5, 5.41) is 16.7. The van der Waals surface area contributed by atoms with Crippen molar-refractivity contribution in [1.29, 1.82) is 5.26 Å². The maximum absolute atomic E-state index is 9.32. The summed E-state index contributed by atoms with van der Waals surface area (Å²) in [6, 6.07) is 14.0. The molecule has 0 amide bonds. The number of nitriles is 1. The monoisotopic (exact) mass is 338 g/mol. The number of hydrogen-bond acceptors (Lipinski definition) is 6. The minimum Gasteiger partial charge on any atom is -0.419 e. The summed E-state index contributed by atoms with van der Waals surface area (Å²) in [6.45, 7) is 0.627. The molecule has 1 atom stereocenters. The van der Waals surface area contributed by atoms with Crippen molar-refractivity contribution >= 4 is 17.2 Å². The number of benzene rings is 1. The Kier molecular flexibility index (Phi) is 4.94. The van der Waals surface area contributed by atoms with E-state index in [0.717, 1.165) is 5.56 Å². The van der Waals surface area contributed by atoms with Gasteiger partial charge in [0.15, 0.2) is 0 Å². The van der Waals surface area contributed by atoms with Gasteiger partial charge in [-0.25, -0.2) is 0 Å². The SMILES string of the molecule is CN(C)[C@H](CNc1oc(-c2ccccc2)nc1C#N)c1ccsc1. The molecule has 6 heteroatoms. The van der Waals surface area contributed by atoms with E-state index >= 15 is 0 Å². The van der Waals surface area contributed by atoms with Gasteiger partial charge in [0.25, 0.3) is 0 Å². The second kappa shape index (κ2) is 7.30. The van der Waals surface area contributed by atoms with Crippen molar-refractivity contribution in [3.63, 3.8) is 0 Å². The lowest BCUT2D eigenvalue weighted by Gasteiger charge is -2.23. The molecule has 0 radical (unpaired) electrons. The Bertz CT molecular complexity index is 819. The van der Waals surface area contributed by atoms with Crippen LogP contribution < -0.4 is 5.32 Å². The summed E-state index contributed by atoms with van der Waals surface area (Å²) in [6.07, 6.45) is 0. The Labute approximate surface area is 145 Å². The van der Waals surface area contributed by atoms with Crippen LogP contribution in [-0.2, 0) is 0 Å². The Morgan fingerprint density at radius 2 is 2.08 bits per heavy atom. The molecular formula is C18H18N4OS. The molecule has 5 nitrogen and oxygen atoms in total. The number of nitrogens with one attached hydrogen (secondary N) is 1. The molecule has 1 aromatic carbocycles. The van der Waals surface area contributed by atoms with Crippen molar-refractivity contribution in [2.75, 3.05) is 26.0 Å². The number of hydrogen-bond donors (Lipinski definition) is 1. The van der Waals surface area contributed by atoms with E-state index in [9.17, 15) is 5.26 Å². The van der Waals surface area contributed by atoms with E-state index < -0.39 is 0 Å². The van der Waals surface area contributed by atoms with Crippen molar-refractivity contribution in [2.24, 2.45) is 0 Å². The van der Waals surface area contributed by atoms with Crippen molar-refractivity contribution in [3.8, 4) is 17.5 Å². The second-order valence-electron chi connectivity index (χ2n) is 5.59.